The van der Waals surface area contributed by atoms with Crippen molar-refractivity contribution in [1.29, 1.82) is 0 Å². The van der Waals surface area contributed by atoms with E-state index in [2.05, 4.69) is 40.9 Å². The summed E-state index contributed by atoms with van der Waals surface area (Å²) in [4.78, 5) is 8.10. The molecule has 7 heteroatoms. The van der Waals surface area contributed by atoms with Gasteiger partial charge in [0.15, 0.2) is 11.0 Å². The minimum Gasteiger partial charge on any atom is -0.361 e. The number of thiazole rings is 1. The van der Waals surface area contributed by atoms with E-state index < -0.39 is 0 Å². The van der Waals surface area contributed by atoms with Gasteiger partial charge in [-0.05, 0) is 15.9 Å². The molecule has 0 aliphatic heterocycles. The summed E-state index contributed by atoms with van der Waals surface area (Å²) in [6.45, 7) is 0.749. The van der Waals surface area contributed by atoms with Crippen LogP contribution in [0.4, 0.5) is 5.13 Å². The number of nitrogens with zero attached hydrogens (tertiary/aromatic N) is 3. The predicted molar refractivity (Wildman–Crippen MR) is 56.3 cm³/mol. The number of halogens is 1. The topological polar surface area (TPSA) is 63.8 Å². The quantitative estimate of drug-likeness (QED) is 0.923. The van der Waals surface area contributed by atoms with Crippen LogP contribution in [0.25, 0.3) is 0 Å². The van der Waals surface area contributed by atoms with Crippen molar-refractivity contribution in [3.63, 3.8) is 0 Å². The molecule has 5 nitrogen and oxygen atoms in total. The van der Waals surface area contributed by atoms with Crippen molar-refractivity contribution in [1.82, 2.24) is 15.1 Å². The number of rotatable bonds is 4. The van der Waals surface area contributed by atoms with E-state index in [1.54, 1.807) is 11.3 Å². The lowest BCUT2D eigenvalue weighted by Gasteiger charge is -1.97. The second-order valence-corrected chi connectivity index (χ2v) is 4.17. The van der Waals surface area contributed by atoms with Crippen molar-refractivity contribution in [2.75, 3.05) is 11.9 Å². The molecule has 2 aromatic rings. The Hall–Kier alpha value is -0.950. The van der Waals surface area contributed by atoms with Crippen molar-refractivity contribution in [3.8, 4) is 0 Å². The first-order valence-electron chi connectivity index (χ1n) is 3.95. The normalized spacial score (nSPS) is 10.4. The zero-order valence-electron chi connectivity index (χ0n) is 7.11. The highest BCUT2D eigenvalue weighted by atomic mass is 79.9. The molecule has 0 aliphatic rings. The summed E-state index contributed by atoms with van der Waals surface area (Å²) in [5.41, 5.74) is 0. The van der Waals surface area contributed by atoms with Gasteiger partial charge in [0.2, 0.25) is 6.39 Å². The van der Waals surface area contributed by atoms with E-state index in [0.717, 1.165) is 22.7 Å². The molecule has 74 valence electrons. The summed E-state index contributed by atoms with van der Waals surface area (Å²) in [5, 5.41) is 9.68. The van der Waals surface area contributed by atoms with Crippen LogP contribution in [0.2, 0.25) is 0 Å². The summed E-state index contributed by atoms with van der Waals surface area (Å²) in [6, 6.07) is 0. The third-order valence-corrected chi connectivity index (χ3v) is 3.02. The largest absolute Gasteiger partial charge is 0.361 e. The molecule has 2 rings (SSSR count). The molecular weight excluding hydrogens is 268 g/mol. The van der Waals surface area contributed by atoms with Crippen LogP contribution in [0.5, 0.6) is 0 Å². The van der Waals surface area contributed by atoms with Gasteiger partial charge >= 0.3 is 0 Å². The second kappa shape index (κ2) is 4.52. The Bertz CT molecular complexity index is 388. The van der Waals surface area contributed by atoms with E-state index in [9.17, 15) is 0 Å². The summed E-state index contributed by atoms with van der Waals surface area (Å²) >= 11 is 4.84. The number of hydrogen-bond acceptors (Lipinski definition) is 6. The SMILES string of the molecule is Brc1csc(NCCc2ncon2)n1. The smallest absolute Gasteiger partial charge is 0.213 e. The molecule has 2 heterocycles. The van der Waals surface area contributed by atoms with Crippen LogP contribution in [0.3, 0.4) is 0 Å². The van der Waals surface area contributed by atoms with Crippen LogP contribution in [-0.4, -0.2) is 21.7 Å². The molecule has 0 aromatic carbocycles. The molecule has 2 aromatic heterocycles. The Morgan fingerprint density at radius 1 is 1.57 bits per heavy atom. The standard InChI is InChI=1S/C7H7BrN4OS/c8-5-3-14-7(11-5)9-2-1-6-10-4-13-12-6/h3-4H,1-2H2,(H,9,11). The van der Waals surface area contributed by atoms with Gasteiger partial charge in [0, 0.05) is 18.3 Å². The predicted octanol–water partition coefficient (Wildman–Crippen LogP) is 1.94. The first-order chi connectivity index (χ1) is 6.84. The highest BCUT2D eigenvalue weighted by molar-refractivity contribution is 9.10. The van der Waals surface area contributed by atoms with Crippen molar-refractivity contribution in [2.24, 2.45) is 0 Å². The van der Waals surface area contributed by atoms with E-state index in [1.165, 1.54) is 6.39 Å². The first-order valence-corrected chi connectivity index (χ1v) is 5.62. The molecule has 0 atom stereocenters. The molecule has 1 N–H and O–H groups in total. The maximum Gasteiger partial charge on any atom is 0.213 e. The molecule has 0 saturated carbocycles. The monoisotopic (exact) mass is 274 g/mol. The van der Waals surface area contributed by atoms with Gasteiger partial charge < -0.3 is 9.84 Å². The van der Waals surface area contributed by atoms with Crippen LogP contribution in [0.15, 0.2) is 20.9 Å². The fraction of sp³-hybridized carbons (Fsp3) is 0.286. The zero-order valence-corrected chi connectivity index (χ0v) is 9.51. The highest BCUT2D eigenvalue weighted by Gasteiger charge is 2.00. The average molecular weight is 275 g/mol. The van der Waals surface area contributed by atoms with Gasteiger partial charge in [0.1, 0.15) is 4.60 Å². The van der Waals surface area contributed by atoms with Gasteiger partial charge in [0.25, 0.3) is 0 Å². The highest BCUT2D eigenvalue weighted by Crippen LogP contribution is 2.18. The Balaban J connectivity index is 1.78. The lowest BCUT2D eigenvalue weighted by atomic mass is 10.4. The number of aromatic nitrogens is 3. The number of anilines is 1. The van der Waals surface area contributed by atoms with Crippen LogP contribution < -0.4 is 5.32 Å². The second-order valence-electron chi connectivity index (χ2n) is 2.50. The molecule has 0 bridgehead atoms. The van der Waals surface area contributed by atoms with Gasteiger partial charge in [-0.15, -0.1) is 11.3 Å². The molecule has 0 unspecified atom stereocenters. The molecule has 0 spiro atoms. The fourth-order valence-electron chi connectivity index (χ4n) is 0.919. The Morgan fingerprint density at radius 2 is 2.50 bits per heavy atom. The van der Waals surface area contributed by atoms with Crippen molar-refractivity contribution < 1.29 is 4.52 Å². The van der Waals surface area contributed by atoms with Gasteiger partial charge in [-0.3, -0.25) is 0 Å². The molecule has 0 saturated heterocycles. The van der Waals surface area contributed by atoms with Gasteiger partial charge in [-0.1, -0.05) is 5.16 Å². The first kappa shape index (κ1) is 9.60. The van der Waals surface area contributed by atoms with Crippen molar-refractivity contribution >= 4 is 32.4 Å². The van der Waals surface area contributed by atoms with Crippen LogP contribution >= 0.6 is 27.3 Å². The van der Waals surface area contributed by atoms with Crippen molar-refractivity contribution in [2.45, 2.75) is 6.42 Å². The number of nitrogens with one attached hydrogen (secondary N) is 1. The molecule has 0 fully saturated rings. The van der Waals surface area contributed by atoms with Gasteiger partial charge in [-0.25, -0.2) is 4.98 Å². The molecule has 0 radical (unpaired) electrons. The van der Waals surface area contributed by atoms with Gasteiger partial charge in [0.05, 0.1) is 0 Å². The molecule has 0 amide bonds. The Kier molecular flexibility index (Phi) is 3.10. The Morgan fingerprint density at radius 3 is 3.14 bits per heavy atom. The maximum absolute atomic E-state index is 4.61. The minimum atomic E-state index is 0.702. The van der Waals surface area contributed by atoms with Crippen molar-refractivity contribution in [3.05, 3.63) is 22.2 Å². The maximum atomic E-state index is 4.61. The molecule has 14 heavy (non-hydrogen) atoms. The lowest BCUT2D eigenvalue weighted by Crippen LogP contribution is -2.05. The Labute approximate surface area is 92.7 Å². The van der Waals surface area contributed by atoms with E-state index in [4.69, 9.17) is 0 Å². The van der Waals surface area contributed by atoms with E-state index >= 15 is 0 Å². The van der Waals surface area contributed by atoms with Crippen LogP contribution in [0, 0.1) is 0 Å². The van der Waals surface area contributed by atoms with Crippen LogP contribution in [0.1, 0.15) is 5.82 Å². The zero-order chi connectivity index (χ0) is 9.80. The van der Waals surface area contributed by atoms with E-state index in [-0.39, 0.29) is 0 Å². The lowest BCUT2D eigenvalue weighted by molar-refractivity contribution is 0.410. The fourth-order valence-corrected chi connectivity index (χ4v) is 2.09. The molecule has 0 aliphatic carbocycles. The average Bonchev–Trinajstić information content (AvgIpc) is 2.77. The minimum absolute atomic E-state index is 0.702. The third-order valence-electron chi connectivity index (χ3n) is 1.51. The van der Waals surface area contributed by atoms with Crippen LogP contribution in [-0.2, 0) is 6.42 Å². The summed E-state index contributed by atoms with van der Waals surface area (Å²) in [7, 11) is 0. The van der Waals surface area contributed by atoms with Gasteiger partial charge in [-0.2, -0.15) is 4.98 Å². The number of hydrogen-bond donors (Lipinski definition) is 1. The summed E-state index contributed by atoms with van der Waals surface area (Å²) in [6.07, 6.45) is 2.06. The summed E-state index contributed by atoms with van der Waals surface area (Å²) < 4.78 is 5.46. The molecular formula is C7H7BrN4OS. The summed E-state index contributed by atoms with van der Waals surface area (Å²) in [5.74, 6) is 0.702. The van der Waals surface area contributed by atoms with E-state index in [0.29, 0.717) is 5.82 Å². The third kappa shape index (κ3) is 2.52. The van der Waals surface area contributed by atoms with E-state index in [1.807, 2.05) is 5.38 Å².